The molecule has 22 heavy (non-hydrogen) atoms. The summed E-state index contributed by atoms with van der Waals surface area (Å²) in [5.41, 5.74) is 3.85. The summed E-state index contributed by atoms with van der Waals surface area (Å²) in [5, 5.41) is 10.3. The van der Waals surface area contributed by atoms with E-state index in [0.717, 1.165) is 32.3 Å². The zero-order valence-corrected chi connectivity index (χ0v) is 13.9. The molecular weight excluding hydrogens is 360 g/mol. The maximum Gasteiger partial charge on any atom is 0.211 e. The molecule has 0 amide bonds. The molecule has 4 rings (SSSR count). The molecule has 0 aliphatic carbocycles. The number of nitrogens with one attached hydrogen (secondary N) is 1. The van der Waals surface area contributed by atoms with E-state index in [4.69, 9.17) is 0 Å². The Balaban J connectivity index is 1.67. The number of aromatic amines is 1. The first-order valence-electron chi connectivity index (χ1n) is 6.78. The molecule has 4 aromatic rings. The lowest BCUT2D eigenvalue weighted by Gasteiger charge is -1.99. The Hall–Kier alpha value is -1.92. The van der Waals surface area contributed by atoms with Crippen molar-refractivity contribution in [1.29, 1.82) is 0 Å². The van der Waals surface area contributed by atoms with Gasteiger partial charge in [-0.05, 0) is 23.8 Å². The van der Waals surface area contributed by atoms with Crippen molar-refractivity contribution in [3.63, 3.8) is 0 Å². The van der Waals surface area contributed by atoms with Gasteiger partial charge in [-0.25, -0.2) is 4.98 Å². The van der Waals surface area contributed by atoms with Crippen molar-refractivity contribution in [2.45, 2.75) is 10.9 Å². The Kier molecular flexibility index (Phi) is 3.56. The average Bonchev–Trinajstić information content (AvgIpc) is 2.90. The molecule has 4 nitrogen and oxygen atoms in total. The molecule has 0 aliphatic rings. The van der Waals surface area contributed by atoms with E-state index in [9.17, 15) is 0 Å². The van der Waals surface area contributed by atoms with Gasteiger partial charge in [0.1, 0.15) is 5.52 Å². The number of thioether (sulfide) groups is 1. The third-order valence-corrected chi connectivity index (χ3v) is 4.77. The highest BCUT2D eigenvalue weighted by molar-refractivity contribution is 9.10. The maximum atomic E-state index is 4.58. The van der Waals surface area contributed by atoms with Crippen LogP contribution in [0.4, 0.5) is 0 Å². The summed E-state index contributed by atoms with van der Waals surface area (Å²) in [5.74, 6) is 0.833. The molecule has 2 aromatic heterocycles. The molecule has 1 N–H and O–H groups in total. The quantitative estimate of drug-likeness (QED) is 0.537. The summed E-state index contributed by atoms with van der Waals surface area (Å²) in [6.45, 7) is 0. The van der Waals surface area contributed by atoms with E-state index in [2.05, 4.69) is 48.2 Å². The van der Waals surface area contributed by atoms with Gasteiger partial charge in [0.2, 0.25) is 5.16 Å². The minimum absolute atomic E-state index is 0.682. The van der Waals surface area contributed by atoms with E-state index in [1.54, 1.807) is 11.8 Å². The van der Waals surface area contributed by atoms with Gasteiger partial charge >= 0.3 is 0 Å². The Morgan fingerprint density at radius 2 is 1.91 bits per heavy atom. The second-order valence-electron chi connectivity index (χ2n) is 4.88. The monoisotopic (exact) mass is 370 g/mol. The second kappa shape index (κ2) is 5.70. The molecule has 0 spiro atoms. The van der Waals surface area contributed by atoms with Crippen LogP contribution in [0.5, 0.6) is 0 Å². The zero-order valence-electron chi connectivity index (χ0n) is 11.5. The molecule has 0 saturated carbocycles. The summed E-state index contributed by atoms with van der Waals surface area (Å²) in [7, 11) is 0. The van der Waals surface area contributed by atoms with Gasteiger partial charge in [0.05, 0.1) is 5.52 Å². The molecule has 2 heterocycles. The molecule has 0 radical (unpaired) electrons. The number of rotatable bonds is 3. The van der Waals surface area contributed by atoms with Crippen molar-refractivity contribution >= 4 is 49.8 Å². The van der Waals surface area contributed by atoms with Crippen LogP contribution in [0.25, 0.3) is 22.1 Å². The van der Waals surface area contributed by atoms with E-state index in [0.29, 0.717) is 5.16 Å². The predicted octanol–water partition coefficient (Wildman–Crippen LogP) is 4.56. The van der Waals surface area contributed by atoms with Gasteiger partial charge in [0.15, 0.2) is 5.65 Å². The third-order valence-electron chi connectivity index (χ3n) is 3.37. The van der Waals surface area contributed by atoms with Gasteiger partial charge in [0, 0.05) is 15.6 Å². The first-order valence-corrected chi connectivity index (χ1v) is 8.56. The predicted molar refractivity (Wildman–Crippen MR) is 92.9 cm³/mol. The molecule has 0 aliphatic heterocycles. The van der Waals surface area contributed by atoms with Gasteiger partial charge in [-0.2, -0.15) is 0 Å². The number of benzene rings is 2. The van der Waals surface area contributed by atoms with Gasteiger partial charge in [0.25, 0.3) is 0 Å². The van der Waals surface area contributed by atoms with Gasteiger partial charge < -0.3 is 4.98 Å². The van der Waals surface area contributed by atoms with E-state index >= 15 is 0 Å². The minimum Gasteiger partial charge on any atom is -0.338 e. The lowest BCUT2D eigenvalue weighted by molar-refractivity contribution is 0.878. The normalized spacial score (nSPS) is 11.3. The number of hydrogen-bond donors (Lipinski definition) is 1. The largest absolute Gasteiger partial charge is 0.338 e. The highest BCUT2D eigenvalue weighted by atomic mass is 79.9. The van der Waals surface area contributed by atoms with Crippen LogP contribution in [0.1, 0.15) is 5.56 Å². The van der Waals surface area contributed by atoms with Crippen molar-refractivity contribution in [2.24, 2.45) is 0 Å². The molecule has 2 aromatic carbocycles. The summed E-state index contributed by atoms with van der Waals surface area (Å²) in [6, 6.07) is 16.3. The Bertz CT molecular complexity index is 952. The zero-order chi connectivity index (χ0) is 14.9. The van der Waals surface area contributed by atoms with Crippen molar-refractivity contribution in [2.75, 3.05) is 0 Å². The molecule has 0 fully saturated rings. The van der Waals surface area contributed by atoms with Crippen LogP contribution in [0.3, 0.4) is 0 Å². The first kappa shape index (κ1) is 13.7. The van der Waals surface area contributed by atoms with E-state index in [1.165, 1.54) is 5.56 Å². The fraction of sp³-hybridized carbons (Fsp3) is 0.0625. The highest BCUT2D eigenvalue weighted by Crippen LogP contribution is 2.26. The Labute approximate surface area is 139 Å². The molecule has 0 atom stereocenters. The van der Waals surface area contributed by atoms with Gasteiger partial charge in [-0.15, -0.1) is 10.2 Å². The van der Waals surface area contributed by atoms with Crippen molar-refractivity contribution in [3.05, 3.63) is 58.6 Å². The third kappa shape index (κ3) is 2.60. The molecule has 108 valence electrons. The molecule has 0 bridgehead atoms. The van der Waals surface area contributed by atoms with Crippen LogP contribution in [-0.2, 0) is 5.75 Å². The molecule has 0 unspecified atom stereocenters. The Morgan fingerprint density at radius 1 is 1.05 bits per heavy atom. The number of hydrogen-bond acceptors (Lipinski definition) is 4. The van der Waals surface area contributed by atoms with Crippen LogP contribution < -0.4 is 0 Å². The number of nitrogens with zero attached hydrogens (tertiary/aromatic N) is 3. The number of aromatic nitrogens is 4. The van der Waals surface area contributed by atoms with Crippen LogP contribution in [-0.4, -0.2) is 20.2 Å². The first-order chi connectivity index (χ1) is 10.8. The van der Waals surface area contributed by atoms with E-state index in [-0.39, 0.29) is 0 Å². The van der Waals surface area contributed by atoms with E-state index < -0.39 is 0 Å². The smallest absolute Gasteiger partial charge is 0.211 e. The molecule has 6 heteroatoms. The summed E-state index contributed by atoms with van der Waals surface area (Å²) in [4.78, 5) is 7.88. The SMILES string of the molecule is Brc1ccc2c(c1)[nH]c1nc(SCc3ccccc3)nnc12. The number of fused-ring (bicyclic) bond motifs is 3. The van der Waals surface area contributed by atoms with E-state index in [1.807, 2.05) is 36.4 Å². The number of halogens is 1. The van der Waals surface area contributed by atoms with Crippen LogP contribution in [0, 0.1) is 0 Å². The highest BCUT2D eigenvalue weighted by Gasteiger charge is 2.09. The van der Waals surface area contributed by atoms with Crippen LogP contribution in [0.15, 0.2) is 58.2 Å². The lowest BCUT2D eigenvalue weighted by atomic mass is 10.2. The summed E-state index contributed by atoms with van der Waals surface area (Å²) in [6.07, 6.45) is 0. The second-order valence-corrected chi connectivity index (χ2v) is 6.74. The fourth-order valence-electron chi connectivity index (χ4n) is 2.32. The van der Waals surface area contributed by atoms with Crippen molar-refractivity contribution in [3.8, 4) is 0 Å². The van der Waals surface area contributed by atoms with Gasteiger partial charge in [-0.1, -0.05) is 58.0 Å². The number of H-pyrrole nitrogens is 1. The molecule has 0 saturated heterocycles. The standard InChI is InChI=1S/C16H11BrN4S/c17-11-6-7-12-13(8-11)18-15-14(12)20-21-16(19-15)22-9-10-4-2-1-3-5-10/h1-8H,9H2,(H,18,19,21). The minimum atomic E-state index is 0.682. The Morgan fingerprint density at radius 3 is 2.77 bits per heavy atom. The average molecular weight is 371 g/mol. The molecular formula is C16H11BrN4S. The van der Waals surface area contributed by atoms with Crippen LogP contribution in [0.2, 0.25) is 0 Å². The van der Waals surface area contributed by atoms with Gasteiger partial charge in [-0.3, -0.25) is 0 Å². The fourth-order valence-corrected chi connectivity index (χ4v) is 3.42. The van der Waals surface area contributed by atoms with Crippen molar-refractivity contribution in [1.82, 2.24) is 20.2 Å². The maximum absolute atomic E-state index is 4.58. The summed E-state index contributed by atoms with van der Waals surface area (Å²) < 4.78 is 1.03. The van der Waals surface area contributed by atoms with Crippen LogP contribution >= 0.6 is 27.7 Å². The summed E-state index contributed by atoms with van der Waals surface area (Å²) >= 11 is 5.06. The topological polar surface area (TPSA) is 54.5 Å². The van der Waals surface area contributed by atoms with Crippen molar-refractivity contribution < 1.29 is 0 Å². The lowest BCUT2D eigenvalue weighted by Crippen LogP contribution is -1.92.